The summed E-state index contributed by atoms with van der Waals surface area (Å²) in [5, 5.41) is 0.451. The van der Waals surface area contributed by atoms with Gasteiger partial charge in [-0.1, -0.05) is 22.9 Å². The Labute approximate surface area is 122 Å². The van der Waals surface area contributed by atoms with Gasteiger partial charge in [0.2, 0.25) is 0 Å². The minimum Gasteiger partial charge on any atom is -0.366 e. The Hall–Kier alpha value is -0.680. The average Bonchev–Trinajstić information content (AvgIpc) is 2.34. The molecule has 1 rings (SSSR count). The molecule has 1 aromatic rings. The molecule has 5 heteroatoms. The SMILES string of the molecule is CCCN(CCN(C)C)c1c(F)cc(CBr)cc1F. The highest BCUT2D eigenvalue weighted by Crippen LogP contribution is 2.26. The van der Waals surface area contributed by atoms with E-state index in [9.17, 15) is 8.78 Å². The third-order valence-corrected chi connectivity index (χ3v) is 3.51. The Bertz CT molecular complexity index is 387. The van der Waals surface area contributed by atoms with Crippen LogP contribution < -0.4 is 4.90 Å². The molecule has 1 aromatic carbocycles. The highest BCUT2D eigenvalue weighted by atomic mass is 79.9. The first kappa shape index (κ1) is 16.4. The number of alkyl halides is 1. The first-order valence-electron chi connectivity index (χ1n) is 6.43. The molecule has 0 aliphatic rings. The maximum atomic E-state index is 14.1. The summed E-state index contributed by atoms with van der Waals surface area (Å²) < 4.78 is 28.2. The van der Waals surface area contributed by atoms with Gasteiger partial charge >= 0.3 is 0 Å². The lowest BCUT2D eigenvalue weighted by Crippen LogP contribution is -2.33. The van der Waals surface area contributed by atoms with E-state index in [0.29, 0.717) is 24.0 Å². The van der Waals surface area contributed by atoms with Gasteiger partial charge in [0.05, 0.1) is 0 Å². The first-order valence-corrected chi connectivity index (χ1v) is 7.55. The van der Waals surface area contributed by atoms with Crippen molar-refractivity contribution in [2.75, 3.05) is 38.6 Å². The van der Waals surface area contributed by atoms with Gasteiger partial charge in [-0.05, 0) is 38.2 Å². The summed E-state index contributed by atoms with van der Waals surface area (Å²) >= 11 is 3.21. The zero-order valence-electron chi connectivity index (χ0n) is 11.7. The molecule has 0 aromatic heterocycles. The van der Waals surface area contributed by atoms with Gasteiger partial charge in [0, 0.05) is 25.0 Å². The molecule has 0 unspecified atom stereocenters. The van der Waals surface area contributed by atoms with Crippen molar-refractivity contribution < 1.29 is 8.78 Å². The topological polar surface area (TPSA) is 6.48 Å². The Balaban J connectivity index is 3.01. The highest BCUT2D eigenvalue weighted by molar-refractivity contribution is 9.08. The van der Waals surface area contributed by atoms with E-state index < -0.39 is 11.6 Å². The van der Waals surface area contributed by atoms with E-state index in [0.717, 1.165) is 13.0 Å². The van der Waals surface area contributed by atoms with Crippen LogP contribution in [0.3, 0.4) is 0 Å². The normalized spacial score (nSPS) is 11.1. The number of benzene rings is 1. The van der Waals surface area contributed by atoms with Crippen LogP contribution in [0.5, 0.6) is 0 Å². The van der Waals surface area contributed by atoms with E-state index in [1.807, 2.05) is 25.9 Å². The lowest BCUT2D eigenvalue weighted by Gasteiger charge is -2.27. The third kappa shape index (κ3) is 4.73. The van der Waals surface area contributed by atoms with Crippen molar-refractivity contribution in [1.29, 1.82) is 0 Å². The average molecular weight is 335 g/mol. The van der Waals surface area contributed by atoms with Gasteiger partial charge in [0.1, 0.15) is 17.3 Å². The lowest BCUT2D eigenvalue weighted by molar-refractivity contribution is 0.410. The van der Waals surface area contributed by atoms with E-state index in [1.165, 1.54) is 12.1 Å². The first-order chi connectivity index (χ1) is 8.99. The summed E-state index contributed by atoms with van der Waals surface area (Å²) in [5.41, 5.74) is 0.705. The van der Waals surface area contributed by atoms with Gasteiger partial charge in [0.25, 0.3) is 0 Å². The number of halogens is 3. The second kappa shape index (κ2) is 7.80. The quantitative estimate of drug-likeness (QED) is 0.702. The highest BCUT2D eigenvalue weighted by Gasteiger charge is 2.17. The molecule has 0 amide bonds. The molecule has 0 saturated heterocycles. The molecule has 0 heterocycles. The van der Waals surface area contributed by atoms with Gasteiger partial charge in [-0.25, -0.2) is 8.78 Å². The monoisotopic (exact) mass is 334 g/mol. The molecular weight excluding hydrogens is 314 g/mol. The van der Waals surface area contributed by atoms with Crippen molar-refractivity contribution in [3.63, 3.8) is 0 Å². The van der Waals surface area contributed by atoms with Crippen molar-refractivity contribution in [2.45, 2.75) is 18.7 Å². The Morgan fingerprint density at radius 1 is 1.05 bits per heavy atom. The van der Waals surface area contributed by atoms with Crippen LogP contribution >= 0.6 is 15.9 Å². The number of anilines is 1. The Morgan fingerprint density at radius 3 is 2.05 bits per heavy atom. The number of nitrogens with zero attached hydrogens (tertiary/aromatic N) is 2. The predicted molar refractivity (Wildman–Crippen MR) is 80.0 cm³/mol. The molecule has 0 atom stereocenters. The summed E-state index contributed by atoms with van der Waals surface area (Å²) in [4.78, 5) is 3.79. The second-order valence-corrected chi connectivity index (χ2v) is 5.39. The summed E-state index contributed by atoms with van der Waals surface area (Å²) in [6, 6.07) is 2.79. The van der Waals surface area contributed by atoms with E-state index in [1.54, 1.807) is 4.90 Å². The number of rotatable bonds is 7. The molecule has 108 valence electrons. The summed E-state index contributed by atoms with van der Waals surface area (Å²) in [6.07, 6.45) is 0.854. The molecule has 0 fully saturated rings. The molecular formula is C14H21BrF2N2. The van der Waals surface area contributed by atoms with Gasteiger partial charge in [-0.2, -0.15) is 0 Å². The van der Waals surface area contributed by atoms with Crippen molar-refractivity contribution in [1.82, 2.24) is 4.90 Å². The fourth-order valence-electron chi connectivity index (χ4n) is 1.92. The predicted octanol–water partition coefficient (Wildman–Crippen LogP) is 3.64. The van der Waals surface area contributed by atoms with Crippen molar-refractivity contribution in [3.8, 4) is 0 Å². The van der Waals surface area contributed by atoms with Crippen LogP contribution in [0.15, 0.2) is 12.1 Å². The van der Waals surface area contributed by atoms with Crippen LogP contribution in [-0.2, 0) is 5.33 Å². The minimum absolute atomic E-state index is 0.0911. The number of hydrogen-bond donors (Lipinski definition) is 0. The van der Waals surface area contributed by atoms with E-state index in [-0.39, 0.29) is 5.69 Å². The minimum atomic E-state index is -0.485. The van der Waals surface area contributed by atoms with Gasteiger partial charge in [0.15, 0.2) is 0 Å². The van der Waals surface area contributed by atoms with E-state index in [2.05, 4.69) is 15.9 Å². The van der Waals surface area contributed by atoms with Crippen molar-refractivity contribution >= 4 is 21.6 Å². The summed E-state index contributed by atoms with van der Waals surface area (Å²) in [5.74, 6) is -0.969. The molecule has 0 saturated carbocycles. The van der Waals surface area contributed by atoms with Crippen LogP contribution in [0.1, 0.15) is 18.9 Å². The van der Waals surface area contributed by atoms with Crippen LogP contribution in [0.25, 0.3) is 0 Å². The van der Waals surface area contributed by atoms with Crippen LogP contribution in [0, 0.1) is 11.6 Å². The number of hydrogen-bond acceptors (Lipinski definition) is 2. The molecule has 0 aliphatic heterocycles. The summed E-state index contributed by atoms with van der Waals surface area (Å²) in [6.45, 7) is 4.03. The zero-order valence-corrected chi connectivity index (χ0v) is 13.3. The van der Waals surface area contributed by atoms with Crippen molar-refractivity contribution in [2.24, 2.45) is 0 Å². The number of likely N-dealkylation sites (N-methyl/N-ethyl adjacent to an activating group) is 1. The molecule has 0 bridgehead atoms. The Kier molecular flexibility index (Phi) is 6.72. The second-order valence-electron chi connectivity index (χ2n) is 4.83. The molecule has 0 radical (unpaired) electrons. The van der Waals surface area contributed by atoms with Crippen LogP contribution in [0.4, 0.5) is 14.5 Å². The summed E-state index contributed by atoms with van der Waals surface area (Å²) in [7, 11) is 3.90. The standard InChI is InChI=1S/C14H21BrF2N2/c1-4-5-19(7-6-18(2)3)14-12(16)8-11(10-15)9-13(14)17/h8-9H,4-7,10H2,1-3H3. The molecule has 0 N–H and O–H groups in total. The maximum Gasteiger partial charge on any atom is 0.149 e. The molecule has 2 nitrogen and oxygen atoms in total. The fourth-order valence-corrected chi connectivity index (χ4v) is 2.25. The largest absolute Gasteiger partial charge is 0.366 e. The molecule has 19 heavy (non-hydrogen) atoms. The van der Waals surface area contributed by atoms with Crippen LogP contribution in [0.2, 0.25) is 0 Å². The van der Waals surface area contributed by atoms with Crippen molar-refractivity contribution in [3.05, 3.63) is 29.3 Å². The third-order valence-electron chi connectivity index (χ3n) is 2.86. The van der Waals surface area contributed by atoms with Gasteiger partial charge < -0.3 is 9.80 Å². The van der Waals surface area contributed by atoms with Crippen LogP contribution in [-0.4, -0.2) is 38.6 Å². The smallest absolute Gasteiger partial charge is 0.149 e. The fraction of sp³-hybridized carbons (Fsp3) is 0.571. The Morgan fingerprint density at radius 2 is 1.63 bits per heavy atom. The maximum absolute atomic E-state index is 14.1. The van der Waals surface area contributed by atoms with E-state index in [4.69, 9.17) is 0 Å². The van der Waals surface area contributed by atoms with Gasteiger partial charge in [-0.15, -0.1) is 0 Å². The zero-order chi connectivity index (χ0) is 14.4. The van der Waals surface area contributed by atoms with Gasteiger partial charge in [-0.3, -0.25) is 0 Å². The lowest BCUT2D eigenvalue weighted by atomic mass is 10.2. The molecule has 0 aliphatic carbocycles. The molecule has 0 spiro atoms. The van der Waals surface area contributed by atoms with E-state index >= 15 is 0 Å².